The molecule has 0 unspecified atom stereocenters. The first-order valence-electron chi connectivity index (χ1n) is 7.05. The molecule has 1 aliphatic rings. The molecule has 5 heteroatoms. The van der Waals surface area contributed by atoms with Gasteiger partial charge in [-0.1, -0.05) is 11.6 Å². The van der Waals surface area contributed by atoms with Gasteiger partial charge in [-0.15, -0.1) is 0 Å². The van der Waals surface area contributed by atoms with Crippen molar-refractivity contribution in [2.24, 2.45) is 11.7 Å². The molecule has 1 saturated carbocycles. The molecule has 0 heterocycles. The molecular weight excluding hydrogens is 276 g/mol. The van der Waals surface area contributed by atoms with Gasteiger partial charge < -0.3 is 15.8 Å². The number of nitrogens with two attached hydrogens (primary N) is 1. The average Bonchev–Trinajstić information content (AvgIpc) is 2.47. The van der Waals surface area contributed by atoms with Gasteiger partial charge in [-0.25, -0.2) is 0 Å². The number of halogens is 1. The van der Waals surface area contributed by atoms with Crippen LogP contribution in [-0.4, -0.2) is 25.1 Å². The minimum absolute atomic E-state index is 0.0401. The van der Waals surface area contributed by atoms with Gasteiger partial charge in [-0.05, 0) is 62.4 Å². The second-order valence-corrected chi connectivity index (χ2v) is 5.70. The van der Waals surface area contributed by atoms with Gasteiger partial charge in [0.25, 0.3) is 5.91 Å². The van der Waals surface area contributed by atoms with Crippen molar-refractivity contribution in [2.75, 3.05) is 13.2 Å². The van der Waals surface area contributed by atoms with E-state index in [-0.39, 0.29) is 18.6 Å². The maximum Gasteiger partial charge on any atom is 0.258 e. The predicted octanol–water partition coefficient (Wildman–Crippen LogP) is 2.35. The zero-order chi connectivity index (χ0) is 14.4. The highest BCUT2D eigenvalue weighted by Gasteiger charge is 2.21. The van der Waals surface area contributed by atoms with Gasteiger partial charge in [0.15, 0.2) is 6.61 Å². The summed E-state index contributed by atoms with van der Waals surface area (Å²) in [4.78, 5) is 11.8. The number of hydrogen-bond donors (Lipinski definition) is 2. The average molecular weight is 297 g/mol. The van der Waals surface area contributed by atoms with Crippen molar-refractivity contribution in [1.29, 1.82) is 0 Å². The summed E-state index contributed by atoms with van der Waals surface area (Å²) in [5.74, 6) is 1.20. The Kier molecular flexibility index (Phi) is 5.68. The zero-order valence-corrected chi connectivity index (χ0v) is 12.2. The molecule has 0 aliphatic heterocycles. The summed E-state index contributed by atoms with van der Waals surface area (Å²) < 4.78 is 5.42. The lowest BCUT2D eigenvalue weighted by Gasteiger charge is -2.28. The first kappa shape index (κ1) is 15.1. The second-order valence-electron chi connectivity index (χ2n) is 5.26. The maximum absolute atomic E-state index is 11.8. The topological polar surface area (TPSA) is 64.3 Å². The van der Waals surface area contributed by atoms with E-state index in [1.165, 1.54) is 0 Å². The molecule has 4 nitrogen and oxygen atoms in total. The Hall–Kier alpha value is -1.26. The van der Waals surface area contributed by atoms with Gasteiger partial charge in [0.05, 0.1) is 0 Å². The fraction of sp³-hybridized carbons (Fsp3) is 0.533. The minimum Gasteiger partial charge on any atom is -0.484 e. The lowest BCUT2D eigenvalue weighted by atomic mass is 9.86. The molecule has 0 bridgehead atoms. The van der Waals surface area contributed by atoms with Crippen molar-refractivity contribution in [2.45, 2.75) is 31.7 Å². The minimum atomic E-state index is -0.0730. The Morgan fingerprint density at radius 1 is 1.25 bits per heavy atom. The molecule has 1 fully saturated rings. The summed E-state index contributed by atoms with van der Waals surface area (Å²) in [6, 6.07) is 7.25. The van der Waals surface area contributed by atoms with Gasteiger partial charge in [0.1, 0.15) is 5.75 Å². The van der Waals surface area contributed by atoms with Crippen LogP contribution in [0.3, 0.4) is 0 Å². The van der Waals surface area contributed by atoms with Gasteiger partial charge >= 0.3 is 0 Å². The number of nitrogens with one attached hydrogen (secondary N) is 1. The maximum atomic E-state index is 11.8. The molecule has 1 aliphatic carbocycles. The third-order valence-electron chi connectivity index (χ3n) is 3.73. The van der Waals surface area contributed by atoms with Crippen LogP contribution in [0.4, 0.5) is 0 Å². The van der Waals surface area contributed by atoms with Crippen molar-refractivity contribution in [3.8, 4) is 5.75 Å². The molecule has 1 amide bonds. The lowest BCUT2D eigenvalue weighted by Crippen LogP contribution is -2.40. The number of carbonyl (C=O) groups is 1. The van der Waals surface area contributed by atoms with Crippen LogP contribution in [0.5, 0.6) is 5.75 Å². The van der Waals surface area contributed by atoms with E-state index in [4.69, 9.17) is 22.1 Å². The van der Waals surface area contributed by atoms with Crippen LogP contribution in [0.1, 0.15) is 25.7 Å². The quantitative estimate of drug-likeness (QED) is 0.876. The number of carbonyl (C=O) groups excluding carboxylic acids is 1. The number of ether oxygens (including phenoxy) is 1. The monoisotopic (exact) mass is 296 g/mol. The van der Waals surface area contributed by atoms with Crippen molar-refractivity contribution < 1.29 is 9.53 Å². The predicted molar refractivity (Wildman–Crippen MR) is 79.9 cm³/mol. The van der Waals surface area contributed by atoms with E-state index in [9.17, 15) is 4.79 Å². The molecule has 0 saturated heterocycles. The summed E-state index contributed by atoms with van der Waals surface area (Å²) in [5, 5.41) is 3.67. The van der Waals surface area contributed by atoms with Gasteiger partial charge in [0.2, 0.25) is 0 Å². The largest absolute Gasteiger partial charge is 0.484 e. The zero-order valence-electron chi connectivity index (χ0n) is 11.5. The van der Waals surface area contributed by atoms with Crippen LogP contribution >= 0.6 is 11.6 Å². The third-order valence-corrected chi connectivity index (χ3v) is 3.98. The van der Waals surface area contributed by atoms with Gasteiger partial charge in [0, 0.05) is 11.1 Å². The van der Waals surface area contributed by atoms with Crippen LogP contribution < -0.4 is 15.8 Å². The number of amides is 1. The Morgan fingerprint density at radius 3 is 2.50 bits per heavy atom. The Bertz CT molecular complexity index is 428. The highest BCUT2D eigenvalue weighted by molar-refractivity contribution is 6.30. The van der Waals surface area contributed by atoms with E-state index < -0.39 is 0 Å². The smallest absolute Gasteiger partial charge is 0.258 e. The first-order chi connectivity index (χ1) is 9.67. The molecule has 0 aromatic heterocycles. The lowest BCUT2D eigenvalue weighted by molar-refractivity contribution is -0.124. The molecule has 1 aromatic rings. The number of benzene rings is 1. The first-order valence-corrected chi connectivity index (χ1v) is 7.43. The summed E-state index contributed by atoms with van der Waals surface area (Å²) >= 11 is 5.78. The fourth-order valence-corrected chi connectivity index (χ4v) is 2.62. The molecule has 1 aromatic carbocycles. The van der Waals surface area contributed by atoms with Crippen molar-refractivity contribution in [3.05, 3.63) is 29.3 Å². The SMILES string of the molecule is NCC1CCC(NC(=O)COc2ccc(Cl)cc2)CC1. The van der Waals surface area contributed by atoms with Crippen LogP contribution in [0.2, 0.25) is 5.02 Å². The van der Waals surface area contributed by atoms with Gasteiger partial charge in [-0.2, -0.15) is 0 Å². The summed E-state index contributed by atoms with van der Waals surface area (Å²) in [5.41, 5.74) is 5.66. The molecule has 3 N–H and O–H groups in total. The molecule has 2 rings (SSSR count). The van der Waals surface area contributed by atoms with Crippen molar-refractivity contribution in [3.63, 3.8) is 0 Å². The van der Waals surface area contributed by atoms with Crippen LogP contribution in [0.25, 0.3) is 0 Å². The molecule has 0 atom stereocenters. The molecule has 20 heavy (non-hydrogen) atoms. The summed E-state index contributed by atoms with van der Waals surface area (Å²) in [6.07, 6.45) is 4.21. The van der Waals surface area contributed by atoms with Crippen LogP contribution in [0, 0.1) is 5.92 Å². The van der Waals surface area contributed by atoms with Gasteiger partial charge in [-0.3, -0.25) is 4.79 Å². The normalized spacial score (nSPS) is 22.3. The number of hydrogen-bond acceptors (Lipinski definition) is 3. The van der Waals surface area contributed by atoms with Crippen LogP contribution in [0.15, 0.2) is 24.3 Å². The van der Waals surface area contributed by atoms with Crippen molar-refractivity contribution >= 4 is 17.5 Å². The highest BCUT2D eigenvalue weighted by atomic mass is 35.5. The van der Waals surface area contributed by atoms with E-state index in [2.05, 4.69) is 5.32 Å². The molecule has 110 valence electrons. The number of rotatable bonds is 5. The molecule has 0 radical (unpaired) electrons. The van der Waals surface area contributed by atoms with E-state index >= 15 is 0 Å². The van der Waals surface area contributed by atoms with E-state index in [1.807, 2.05) is 0 Å². The van der Waals surface area contributed by atoms with E-state index in [0.29, 0.717) is 16.7 Å². The third kappa shape index (κ3) is 4.69. The summed E-state index contributed by atoms with van der Waals surface area (Å²) in [7, 11) is 0. The molecular formula is C15H21ClN2O2. The second kappa shape index (κ2) is 7.50. The summed E-state index contributed by atoms with van der Waals surface area (Å²) in [6.45, 7) is 0.790. The van der Waals surface area contributed by atoms with E-state index in [1.54, 1.807) is 24.3 Å². The molecule has 0 spiro atoms. The standard InChI is InChI=1S/C15H21ClN2O2/c16-12-3-7-14(8-4-12)20-10-15(19)18-13-5-1-11(9-17)2-6-13/h3-4,7-8,11,13H,1-2,5-6,9-10,17H2,(H,18,19). The van der Waals surface area contributed by atoms with E-state index in [0.717, 1.165) is 32.2 Å². The van der Waals surface area contributed by atoms with Crippen molar-refractivity contribution in [1.82, 2.24) is 5.32 Å². The Morgan fingerprint density at radius 2 is 1.90 bits per heavy atom. The fourth-order valence-electron chi connectivity index (χ4n) is 2.49. The van der Waals surface area contributed by atoms with Crippen LogP contribution in [-0.2, 0) is 4.79 Å². The highest BCUT2D eigenvalue weighted by Crippen LogP contribution is 2.23. The Labute approximate surface area is 124 Å². The Balaban J connectivity index is 1.69.